The maximum Gasteiger partial charge on any atom is 0.323 e. The lowest BCUT2D eigenvalue weighted by molar-refractivity contribution is -0.137. The van der Waals surface area contributed by atoms with Crippen molar-refractivity contribution in [2.45, 2.75) is 20.3 Å². The lowest BCUT2D eigenvalue weighted by atomic mass is 10.2. The molecule has 0 radical (unpaired) electrons. The molecule has 1 N–H and O–H groups in total. The highest BCUT2D eigenvalue weighted by atomic mass is 32.1. The maximum atomic E-state index is 12.6. The van der Waals surface area contributed by atoms with Crippen molar-refractivity contribution in [2.75, 3.05) is 13.1 Å². The molecule has 2 rings (SSSR count). The molecule has 0 aliphatic heterocycles. The summed E-state index contributed by atoms with van der Waals surface area (Å²) in [4.78, 5) is 29.8. The van der Waals surface area contributed by atoms with Crippen LogP contribution < -0.4 is 0 Å². The quantitative estimate of drug-likeness (QED) is 0.888. The number of hydrogen-bond donors (Lipinski definition) is 1. The van der Waals surface area contributed by atoms with Crippen molar-refractivity contribution in [3.8, 4) is 10.6 Å². The number of carbonyl (C=O) groups excluding carboxylic acids is 1. The van der Waals surface area contributed by atoms with Crippen LogP contribution in [0.3, 0.4) is 0 Å². The molecule has 22 heavy (non-hydrogen) atoms. The van der Waals surface area contributed by atoms with Crippen LogP contribution in [0.15, 0.2) is 30.3 Å². The summed E-state index contributed by atoms with van der Waals surface area (Å²) in [5.41, 5.74) is 1.59. The van der Waals surface area contributed by atoms with Crippen LogP contribution in [-0.2, 0) is 4.79 Å². The van der Waals surface area contributed by atoms with Crippen LogP contribution in [0.5, 0.6) is 0 Å². The number of aliphatic carboxylic acids is 1. The summed E-state index contributed by atoms with van der Waals surface area (Å²) in [6.07, 6.45) is 0.711. The molecule has 0 unspecified atom stereocenters. The molecule has 0 saturated heterocycles. The summed E-state index contributed by atoms with van der Waals surface area (Å²) in [7, 11) is 0. The van der Waals surface area contributed by atoms with Gasteiger partial charge >= 0.3 is 5.97 Å². The van der Waals surface area contributed by atoms with Crippen molar-refractivity contribution >= 4 is 23.2 Å². The van der Waals surface area contributed by atoms with E-state index in [0.29, 0.717) is 23.5 Å². The molecular formula is C16H18N2O3S. The van der Waals surface area contributed by atoms with E-state index in [9.17, 15) is 9.59 Å². The Morgan fingerprint density at radius 1 is 1.27 bits per heavy atom. The highest BCUT2D eigenvalue weighted by molar-refractivity contribution is 7.17. The van der Waals surface area contributed by atoms with Gasteiger partial charge in [-0.3, -0.25) is 9.59 Å². The van der Waals surface area contributed by atoms with Gasteiger partial charge in [-0.2, -0.15) is 0 Å². The van der Waals surface area contributed by atoms with E-state index < -0.39 is 5.97 Å². The predicted octanol–water partition coefficient (Wildman–Crippen LogP) is 3.06. The predicted molar refractivity (Wildman–Crippen MR) is 86.1 cm³/mol. The highest BCUT2D eigenvalue weighted by Gasteiger charge is 2.23. The second kappa shape index (κ2) is 7.17. The number of benzene rings is 1. The number of carboxylic acids is 1. The average Bonchev–Trinajstić information content (AvgIpc) is 2.88. The topological polar surface area (TPSA) is 70.5 Å². The van der Waals surface area contributed by atoms with Gasteiger partial charge < -0.3 is 10.0 Å². The van der Waals surface area contributed by atoms with Crippen LogP contribution in [0.4, 0.5) is 0 Å². The first-order valence-electron chi connectivity index (χ1n) is 7.06. The standard InChI is InChI=1S/C16H18N2O3S/c1-3-9-18(10-13(19)20)16(21)14-11(2)17-15(22-14)12-7-5-4-6-8-12/h4-8H,3,9-10H2,1-2H3,(H,19,20). The van der Waals surface area contributed by atoms with Gasteiger partial charge in [-0.05, 0) is 13.3 Å². The van der Waals surface area contributed by atoms with Crippen molar-refractivity contribution in [3.05, 3.63) is 40.9 Å². The fraction of sp³-hybridized carbons (Fsp3) is 0.312. The minimum atomic E-state index is -1.01. The first-order valence-corrected chi connectivity index (χ1v) is 7.88. The molecule has 1 aromatic heterocycles. The molecule has 0 aliphatic rings. The zero-order valence-corrected chi connectivity index (χ0v) is 13.4. The van der Waals surface area contributed by atoms with Crippen LogP contribution in [-0.4, -0.2) is 40.0 Å². The number of aryl methyl sites for hydroxylation is 1. The van der Waals surface area contributed by atoms with Gasteiger partial charge in [0, 0.05) is 12.1 Å². The Labute approximate surface area is 133 Å². The van der Waals surface area contributed by atoms with Crippen molar-refractivity contribution in [1.29, 1.82) is 0 Å². The Hall–Kier alpha value is -2.21. The molecule has 0 aliphatic carbocycles. The molecule has 0 saturated carbocycles. The molecule has 0 atom stereocenters. The minimum absolute atomic E-state index is 0.263. The van der Waals surface area contributed by atoms with Crippen molar-refractivity contribution < 1.29 is 14.7 Å². The lowest BCUT2D eigenvalue weighted by Crippen LogP contribution is -2.36. The number of carbonyl (C=O) groups is 2. The highest BCUT2D eigenvalue weighted by Crippen LogP contribution is 2.28. The number of nitrogens with zero attached hydrogens (tertiary/aromatic N) is 2. The number of hydrogen-bond acceptors (Lipinski definition) is 4. The summed E-state index contributed by atoms with van der Waals surface area (Å²) >= 11 is 1.31. The first-order chi connectivity index (χ1) is 10.5. The summed E-state index contributed by atoms with van der Waals surface area (Å²) in [6.45, 7) is 3.83. The van der Waals surface area contributed by atoms with Gasteiger partial charge in [0.25, 0.3) is 5.91 Å². The molecule has 1 heterocycles. The van der Waals surface area contributed by atoms with E-state index in [-0.39, 0.29) is 12.5 Å². The first kappa shape index (κ1) is 16.2. The van der Waals surface area contributed by atoms with Crippen molar-refractivity contribution in [1.82, 2.24) is 9.88 Å². The molecule has 116 valence electrons. The third-order valence-corrected chi connectivity index (χ3v) is 4.31. The molecule has 2 aromatic rings. The van der Waals surface area contributed by atoms with Crippen LogP contribution in [0.1, 0.15) is 28.7 Å². The molecule has 0 fully saturated rings. The fourth-order valence-electron chi connectivity index (χ4n) is 2.13. The van der Waals surface area contributed by atoms with Gasteiger partial charge in [-0.15, -0.1) is 11.3 Å². The maximum absolute atomic E-state index is 12.6. The Balaban J connectivity index is 2.29. The number of carboxylic acid groups (broad SMARTS) is 1. The van der Waals surface area contributed by atoms with E-state index in [4.69, 9.17) is 5.11 Å². The third-order valence-electron chi connectivity index (χ3n) is 3.12. The summed E-state index contributed by atoms with van der Waals surface area (Å²) in [6, 6.07) is 9.63. The Bertz CT molecular complexity index is 667. The normalized spacial score (nSPS) is 10.5. The van der Waals surface area contributed by atoms with Gasteiger partial charge in [-0.25, -0.2) is 4.98 Å². The monoisotopic (exact) mass is 318 g/mol. The largest absolute Gasteiger partial charge is 0.480 e. The third kappa shape index (κ3) is 3.71. The Morgan fingerprint density at radius 2 is 1.95 bits per heavy atom. The van der Waals surface area contributed by atoms with Crippen LogP contribution in [0, 0.1) is 6.92 Å². The van der Waals surface area contributed by atoms with Crippen LogP contribution in [0.2, 0.25) is 0 Å². The van der Waals surface area contributed by atoms with Crippen molar-refractivity contribution in [2.24, 2.45) is 0 Å². The van der Waals surface area contributed by atoms with Crippen LogP contribution in [0.25, 0.3) is 10.6 Å². The second-order valence-corrected chi connectivity index (χ2v) is 5.92. The Kier molecular flexibility index (Phi) is 5.27. The SMILES string of the molecule is CCCN(CC(=O)O)C(=O)c1sc(-c2ccccc2)nc1C. The van der Waals surface area contributed by atoms with E-state index >= 15 is 0 Å². The number of aromatic nitrogens is 1. The molecule has 5 nitrogen and oxygen atoms in total. The number of rotatable bonds is 6. The second-order valence-electron chi connectivity index (χ2n) is 4.92. The van der Waals surface area contributed by atoms with Gasteiger partial charge in [0.1, 0.15) is 16.4 Å². The lowest BCUT2D eigenvalue weighted by Gasteiger charge is -2.19. The number of thiazole rings is 1. The van der Waals surface area contributed by atoms with E-state index in [1.54, 1.807) is 6.92 Å². The van der Waals surface area contributed by atoms with Gasteiger partial charge in [0.05, 0.1) is 5.69 Å². The molecule has 1 amide bonds. The van der Waals surface area contributed by atoms with Crippen LogP contribution >= 0.6 is 11.3 Å². The van der Waals surface area contributed by atoms with E-state index in [2.05, 4.69) is 4.98 Å². The molecular weight excluding hydrogens is 300 g/mol. The molecule has 6 heteroatoms. The number of amides is 1. The molecule has 1 aromatic carbocycles. The summed E-state index contributed by atoms with van der Waals surface area (Å²) in [5.74, 6) is -1.27. The molecule has 0 bridgehead atoms. The van der Waals surface area contributed by atoms with Crippen molar-refractivity contribution in [3.63, 3.8) is 0 Å². The van der Waals surface area contributed by atoms with E-state index in [0.717, 1.165) is 10.6 Å². The zero-order chi connectivity index (χ0) is 16.1. The van der Waals surface area contributed by atoms with E-state index in [1.807, 2.05) is 37.3 Å². The van der Waals surface area contributed by atoms with E-state index in [1.165, 1.54) is 16.2 Å². The fourth-order valence-corrected chi connectivity index (χ4v) is 3.17. The smallest absolute Gasteiger partial charge is 0.323 e. The Morgan fingerprint density at radius 3 is 2.55 bits per heavy atom. The summed E-state index contributed by atoms with van der Waals surface area (Å²) < 4.78 is 0. The summed E-state index contributed by atoms with van der Waals surface area (Å²) in [5, 5.41) is 9.72. The molecule has 0 spiro atoms. The van der Waals surface area contributed by atoms with Gasteiger partial charge in [0.2, 0.25) is 0 Å². The average molecular weight is 318 g/mol. The minimum Gasteiger partial charge on any atom is -0.480 e. The zero-order valence-electron chi connectivity index (χ0n) is 12.6. The van der Waals surface area contributed by atoms with Gasteiger partial charge in [-0.1, -0.05) is 37.3 Å². The van der Waals surface area contributed by atoms with Gasteiger partial charge in [0.15, 0.2) is 0 Å².